The maximum atomic E-state index is 12.0. The molecule has 1 aromatic carbocycles. The lowest BCUT2D eigenvalue weighted by Gasteiger charge is -2.14. The van der Waals surface area contributed by atoms with Gasteiger partial charge in [0.1, 0.15) is 0 Å². The summed E-state index contributed by atoms with van der Waals surface area (Å²) in [6.07, 6.45) is 5.44. The van der Waals surface area contributed by atoms with E-state index in [4.69, 9.17) is 5.73 Å². The average molecular weight is 259 g/mol. The first-order valence-electron chi connectivity index (χ1n) is 7.14. The Kier molecular flexibility index (Phi) is 3.42. The summed E-state index contributed by atoms with van der Waals surface area (Å²) >= 11 is 0. The Balaban J connectivity index is 1.63. The summed E-state index contributed by atoms with van der Waals surface area (Å²) in [5.74, 6) is 0.0364. The van der Waals surface area contributed by atoms with Crippen LogP contribution in [0.1, 0.15) is 42.5 Å². The first-order chi connectivity index (χ1) is 9.20. The van der Waals surface area contributed by atoms with E-state index >= 15 is 0 Å². The van der Waals surface area contributed by atoms with Crippen LogP contribution in [0, 0.1) is 0 Å². The first-order valence-corrected chi connectivity index (χ1v) is 7.14. The van der Waals surface area contributed by atoms with E-state index in [2.05, 4.69) is 10.6 Å². The molecule has 1 aromatic rings. The molecular formula is C15H21N3O. The Labute approximate surface area is 113 Å². The van der Waals surface area contributed by atoms with Crippen LogP contribution < -0.4 is 16.4 Å². The Morgan fingerprint density at radius 3 is 2.63 bits per heavy atom. The second kappa shape index (κ2) is 5.21. The summed E-state index contributed by atoms with van der Waals surface area (Å²) in [6.45, 7) is 0. The van der Waals surface area contributed by atoms with Crippen LogP contribution in [0.3, 0.4) is 0 Å². The standard InChI is InChI=1S/C15H21N3O/c16-11-4-5-14(9-11)17-13-3-1-2-10(8-13)15(19)18-12-6-7-12/h1-3,8,11-12,14,17H,4-7,9,16H2,(H,18,19). The molecule has 0 spiro atoms. The molecule has 4 N–H and O–H groups in total. The minimum Gasteiger partial charge on any atom is -0.382 e. The molecule has 1 amide bonds. The number of carbonyl (C=O) groups excluding carboxylic acids is 1. The fourth-order valence-corrected chi connectivity index (χ4v) is 2.63. The summed E-state index contributed by atoms with van der Waals surface area (Å²) in [5.41, 5.74) is 7.67. The smallest absolute Gasteiger partial charge is 0.251 e. The predicted octanol–water partition coefficient (Wildman–Crippen LogP) is 1.87. The lowest BCUT2D eigenvalue weighted by Crippen LogP contribution is -2.25. The molecule has 2 atom stereocenters. The van der Waals surface area contributed by atoms with Crippen molar-refractivity contribution in [2.75, 3.05) is 5.32 Å². The molecule has 102 valence electrons. The van der Waals surface area contributed by atoms with Gasteiger partial charge in [-0.1, -0.05) is 6.07 Å². The van der Waals surface area contributed by atoms with E-state index < -0.39 is 0 Å². The fraction of sp³-hybridized carbons (Fsp3) is 0.533. The van der Waals surface area contributed by atoms with Gasteiger partial charge < -0.3 is 16.4 Å². The van der Waals surface area contributed by atoms with Crippen molar-refractivity contribution < 1.29 is 4.79 Å². The van der Waals surface area contributed by atoms with Gasteiger partial charge in [0.25, 0.3) is 5.91 Å². The van der Waals surface area contributed by atoms with Crippen LogP contribution in [-0.4, -0.2) is 24.0 Å². The van der Waals surface area contributed by atoms with Crippen molar-refractivity contribution >= 4 is 11.6 Å². The van der Waals surface area contributed by atoms with Gasteiger partial charge >= 0.3 is 0 Å². The molecule has 2 aliphatic rings. The van der Waals surface area contributed by atoms with Crippen molar-refractivity contribution in [2.45, 2.75) is 50.2 Å². The molecule has 0 bridgehead atoms. The second-order valence-corrected chi connectivity index (χ2v) is 5.74. The first kappa shape index (κ1) is 12.5. The average Bonchev–Trinajstić information content (AvgIpc) is 3.12. The van der Waals surface area contributed by atoms with Crippen molar-refractivity contribution in [3.8, 4) is 0 Å². The molecule has 4 nitrogen and oxygen atoms in total. The number of carbonyl (C=O) groups is 1. The van der Waals surface area contributed by atoms with Gasteiger partial charge in [-0.05, 0) is 50.3 Å². The fourth-order valence-electron chi connectivity index (χ4n) is 2.63. The van der Waals surface area contributed by atoms with E-state index in [0.717, 1.165) is 43.4 Å². The van der Waals surface area contributed by atoms with Crippen molar-refractivity contribution in [1.29, 1.82) is 0 Å². The molecule has 0 aliphatic heterocycles. The molecule has 2 unspecified atom stereocenters. The van der Waals surface area contributed by atoms with Crippen LogP contribution in [0.5, 0.6) is 0 Å². The van der Waals surface area contributed by atoms with E-state index in [1.165, 1.54) is 0 Å². The highest BCUT2D eigenvalue weighted by molar-refractivity contribution is 5.95. The van der Waals surface area contributed by atoms with Gasteiger partial charge in [-0.15, -0.1) is 0 Å². The van der Waals surface area contributed by atoms with Crippen LogP contribution in [0.15, 0.2) is 24.3 Å². The van der Waals surface area contributed by atoms with Gasteiger partial charge in [-0.25, -0.2) is 0 Å². The van der Waals surface area contributed by atoms with E-state index in [-0.39, 0.29) is 5.91 Å². The monoisotopic (exact) mass is 259 g/mol. The Morgan fingerprint density at radius 1 is 1.16 bits per heavy atom. The molecule has 0 aromatic heterocycles. The minimum atomic E-state index is 0.0364. The topological polar surface area (TPSA) is 67.1 Å². The van der Waals surface area contributed by atoms with Gasteiger partial charge in [-0.3, -0.25) is 4.79 Å². The molecule has 0 saturated heterocycles. The van der Waals surface area contributed by atoms with Crippen LogP contribution in [0.25, 0.3) is 0 Å². The van der Waals surface area contributed by atoms with Crippen molar-refractivity contribution in [2.24, 2.45) is 5.73 Å². The quantitative estimate of drug-likeness (QED) is 0.773. The lowest BCUT2D eigenvalue weighted by molar-refractivity contribution is 0.0951. The highest BCUT2D eigenvalue weighted by Gasteiger charge is 2.24. The maximum absolute atomic E-state index is 12.0. The number of hydrogen-bond acceptors (Lipinski definition) is 3. The molecule has 3 rings (SSSR count). The summed E-state index contributed by atoms with van der Waals surface area (Å²) in [5, 5.41) is 6.49. The third-order valence-electron chi connectivity index (χ3n) is 3.88. The van der Waals surface area contributed by atoms with Gasteiger partial charge in [0, 0.05) is 29.4 Å². The Morgan fingerprint density at radius 2 is 1.95 bits per heavy atom. The number of nitrogens with one attached hydrogen (secondary N) is 2. The Bertz CT molecular complexity index is 470. The summed E-state index contributed by atoms with van der Waals surface area (Å²) in [4.78, 5) is 12.0. The van der Waals surface area contributed by atoms with Gasteiger partial charge in [-0.2, -0.15) is 0 Å². The molecule has 4 heteroatoms. The van der Waals surface area contributed by atoms with Crippen molar-refractivity contribution in [3.05, 3.63) is 29.8 Å². The van der Waals surface area contributed by atoms with Crippen LogP contribution in [0.2, 0.25) is 0 Å². The van der Waals surface area contributed by atoms with Crippen LogP contribution >= 0.6 is 0 Å². The maximum Gasteiger partial charge on any atom is 0.251 e. The highest BCUT2D eigenvalue weighted by Crippen LogP contribution is 2.23. The lowest BCUT2D eigenvalue weighted by atomic mass is 10.1. The van der Waals surface area contributed by atoms with E-state index in [9.17, 15) is 4.79 Å². The third kappa shape index (κ3) is 3.26. The molecule has 2 fully saturated rings. The number of nitrogens with two attached hydrogens (primary N) is 1. The molecule has 2 saturated carbocycles. The van der Waals surface area contributed by atoms with E-state index in [0.29, 0.717) is 18.1 Å². The Hall–Kier alpha value is -1.55. The largest absolute Gasteiger partial charge is 0.382 e. The minimum absolute atomic E-state index is 0.0364. The SMILES string of the molecule is NC1CCC(Nc2cccc(C(=O)NC3CC3)c2)C1. The summed E-state index contributed by atoms with van der Waals surface area (Å²) in [6, 6.07) is 8.90. The van der Waals surface area contributed by atoms with Crippen molar-refractivity contribution in [3.63, 3.8) is 0 Å². The van der Waals surface area contributed by atoms with Gasteiger partial charge in [0.05, 0.1) is 0 Å². The molecule has 19 heavy (non-hydrogen) atoms. The second-order valence-electron chi connectivity index (χ2n) is 5.74. The number of anilines is 1. The zero-order chi connectivity index (χ0) is 13.2. The zero-order valence-corrected chi connectivity index (χ0v) is 11.1. The molecule has 0 radical (unpaired) electrons. The molecule has 2 aliphatic carbocycles. The number of amides is 1. The van der Waals surface area contributed by atoms with Gasteiger partial charge in [0.2, 0.25) is 0 Å². The number of hydrogen-bond donors (Lipinski definition) is 3. The highest BCUT2D eigenvalue weighted by atomic mass is 16.1. The van der Waals surface area contributed by atoms with Crippen LogP contribution in [0.4, 0.5) is 5.69 Å². The van der Waals surface area contributed by atoms with Crippen LogP contribution in [-0.2, 0) is 0 Å². The van der Waals surface area contributed by atoms with E-state index in [1.807, 2.05) is 24.3 Å². The van der Waals surface area contributed by atoms with Gasteiger partial charge in [0.15, 0.2) is 0 Å². The predicted molar refractivity (Wildman–Crippen MR) is 76.2 cm³/mol. The van der Waals surface area contributed by atoms with E-state index in [1.54, 1.807) is 0 Å². The zero-order valence-electron chi connectivity index (χ0n) is 11.1. The molecular weight excluding hydrogens is 238 g/mol. The summed E-state index contributed by atoms with van der Waals surface area (Å²) in [7, 11) is 0. The number of benzene rings is 1. The normalized spacial score (nSPS) is 26.2. The third-order valence-corrected chi connectivity index (χ3v) is 3.88. The number of rotatable bonds is 4. The van der Waals surface area contributed by atoms with Crippen molar-refractivity contribution in [1.82, 2.24) is 5.32 Å². The summed E-state index contributed by atoms with van der Waals surface area (Å²) < 4.78 is 0. The molecule has 0 heterocycles.